The van der Waals surface area contributed by atoms with E-state index in [4.69, 9.17) is 0 Å². The Kier molecular flexibility index (Phi) is 3.23. The molecule has 108 valence electrons. The smallest absolute Gasteiger partial charge is 0.170 e. The Hall–Kier alpha value is -2.13. The van der Waals surface area contributed by atoms with Crippen LogP contribution in [0, 0.1) is 11.6 Å². The van der Waals surface area contributed by atoms with Crippen molar-refractivity contribution >= 4 is 10.9 Å². The fourth-order valence-electron chi connectivity index (χ4n) is 2.90. The Morgan fingerprint density at radius 1 is 0.682 bits per heavy atom. The molecule has 0 nitrogen and oxygen atoms in total. The quantitative estimate of drug-likeness (QED) is 0.436. The van der Waals surface area contributed by atoms with Crippen molar-refractivity contribution in [1.82, 2.24) is 0 Å². The Labute approximate surface area is 130 Å². The Balaban J connectivity index is 1.97. The lowest BCUT2D eigenvalue weighted by Crippen LogP contribution is -2.16. The second-order valence-electron chi connectivity index (χ2n) is 5.30. The van der Waals surface area contributed by atoms with Gasteiger partial charge >= 0.3 is 0 Å². The highest BCUT2D eigenvalue weighted by atomic mass is 32.2. The van der Waals surface area contributed by atoms with E-state index in [-0.39, 0.29) is 22.5 Å². The number of halogens is 2. The third-order valence-corrected chi connectivity index (χ3v) is 6.26. The van der Waals surface area contributed by atoms with Gasteiger partial charge in [-0.25, -0.2) is 8.78 Å². The summed E-state index contributed by atoms with van der Waals surface area (Å²) in [6, 6.07) is 20.1. The van der Waals surface area contributed by atoms with Gasteiger partial charge in [-0.05, 0) is 48.5 Å². The van der Waals surface area contributed by atoms with Gasteiger partial charge < -0.3 is 0 Å². The van der Waals surface area contributed by atoms with E-state index >= 15 is 0 Å². The minimum atomic E-state index is -0.308. The Bertz CT molecular complexity index is 792. The Morgan fingerprint density at radius 2 is 1.23 bits per heavy atom. The lowest BCUT2D eigenvalue weighted by atomic mass is 10.0. The number of hydrogen-bond donors (Lipinski definition) is 0. The highest BCUT2D eigenvalue weighted by molar-refractivity contribution is 7.97. The molecule has 0 fully saturated rings. The largest absolute Gasteiger partial charge is 0.207 e. The van der Waals surface area contributed by atoms with Crippen LogP contribution in [-0.2, 0) is 17.3 Å². The average molecular weight is 311 g/mol. The summed E-state index contributed by atoms with van der Waals surface area (Å²) in [7, 11) is -0.308. The third-order valence-electron chi connectivity index (χ3n) is 3.84. The van der Waals surface area contributed by atoms with E-state index in [0.717, 1.165) is 20.9 Å². The second-order valence-corrected chi connectivity index (χ2v) is 7.26. The molecule has 0 atom stereocenters. The fourth-order valence-corrected chi connectivity index (χ4v) is 5.27. The van der Waals surface area contributed by atoms with Crippen molar-refractivity contribution in [1.29, 1.82) is 0 Å². The van der Waals surface area contributed by atoms with Crippen molar-refractivity contribution in [3.05, 3.63) is 89.5 Å². The molecule has 0 amide bonds. The van der Waals surface area contributed by atoms with Gasteiger partial charge in [-0.1, -0.05) is 18.2 Å². The molecule has 4 rings (SSSR count). The zero-order valence-corrected chi connectivity index (χ0v) is 12.5. The maximum atomic E-state index is 13.6. The normalized spacial score (nSPS) is 13.5. The molecular weight excluding hydrogens is 298 g/mol. The van der Waals surface area contributed by atoms with Gasteiger partial charge in [0.1, 0.15) is 11.6 Å². The van der Waals surface area contributed by atoms with Crippen LogP contribution in [0.15, 0.2) is 81.4 Å². The molecule has 0 aliphatic carbocycles. The highest BCUT2D eigenvalue weighted by Crippen LogP contribution is 2.40. The maximum Gasteiger partial charge on any atom is 0.170 e. The first kappa shape index (κ1) is 13.5. The molecule has 0 radical (unpaired) electrons. The van der Waals surface area contributed by atoms with E-state index in [2.05, 4.69) is 12.1 Å². The van der Waals surface area contributed by atoms with Gasteiger partial charge in [-0.3, -0.25) is 0 Å². The molecule has 0 aromatic heterocycles. The van der Waals surface area contributed by atoms with Gasteiger partial charge in [-0.2, -0.15) is 0 Å². The van der Waals surface area contributed by atoms with Crippen LogP contribution in [0.2, 0.25) is 0 Å². The van der Waals surface area contributed by atoms with Gasteiger partial charge in [0.15, 0.2) is 14.7 Å². The van der Waals surface area contributed by atoms with Crippen LogP contribution >= 0.6 is 0 Å². The average Bonchev–Trinajstić information content (AvgIpc) is 2.53. The molecule has 1 heterocycles. The SMILES string of the molecule is Fc1ccc2c(c1)Cc1cc(F)ccc1[S+]2c1ccccc1. The third kappa shape index (κ3) is 2.22. The summed E-state index contributed by atoms with van der Waals surface area (Å²) in [5.41, 5.74) is 1.90. The van der Waals surface area contributed by atoms with E-state index in [1.165, 1.54) is 17.0 Å². The van der Waals surface area contributed by atoms with Crippen LogP contribution in [0.5, 0.6) is 0 Å². The first-order valence-electron chi connectivity index (χ1n) is 7.08. The van der Waals surface area contributed by atoms with E-state index in [0.29, 0.717) is 6.42 Å². The Morgan fingerprint density at radius 3 is 1.77 bits per heavy atom. The van der Waals surface area contributed by atoms with Gasteiger partial charge in [0.05, 0.1) is 10.9 Å². The minimum Gasteiger partial charge on any atom is -0.207 e. The van der Waals surface area contributed by atoms with Crippen molar-refractivity contribution in [3.8, 4) is 0 Å². The summed E-state index contributed by atoms with van der Waals surface area (Å²) < 4.78 is 27.2. The molecule has 0 spiro atoms. The molecule has 0 saturated carbocycles. The molecule has 3 aromatic carbocycles. The molecule has 0 N–H and O–H groups in total. The van der Waals surface area contributed by atoms with E-state index < -0.39 is 0 Å². The highest BCUT2D eigenvalue weighted by Gasteiger charge is 2.37. The fraction of sp³-hybridized carbons (Fsp3) is 0.0526. The van der Waals surface area contributed by atoms with Crippen LogP contribution in [0.4, 0.5) is 8.78 Å². The first-order valence-corrected chi connectivity index (χ1v) is 8.31. The van der Waals surface area contributed by atoms with Gasteiger partial charge in [0.25, 0.3) is 0 Å². The number of fused-ring (bicyclic) bond motifs is 2. The standard InChI is InChI=1S/C19H13F2S/c20-15-6-8-18-13(11-15)10-14-12-16(21)7-9-19(14)22(18)17-4-2-1-3-5-17/h1-9,11-12H,10H2/q+1. The van der Waals surface area contributed by atoms with Crippen LogP contribution in [0.25, 0.3) is 0 Å². The van der Waals surface area contributed by atoms with E-state index in [1.807, 2.05) is 30.3 Å². The lowest BCUT2D eigenvalue weighted by Gasteiger charge is -2.19. The van der Waals surface area contributed by atoms with Gasteiger partial charge in [0, 0.05) is 17.5 Å². The number of benzene rings is 3. The predicted octanol–water partition coefficient (Wildman–Crippen LogP) is 4.96. The second kappa shape index (κ2) is 5.25. The molecule has 22 heavy (non-hydrogen) atoms. The minimum absolute atomic E-state index is 0.241. The predicted molar refractivity (Wildman–Crippen MR) is 84.2 cm³/mol. The molecular formula is C19H13F2S+. The molecule has 3 heteroatoms. The van der Waals surface area contributed by atoms with Crippen LogP contribution < -0.4 is 0 Å². The van der Waals surface area contributed by atoms with Crippen LogP contribution in [-0.4, -0.2) is 0 Å². The topological polar surface area (TPSA) is 0 Å². The summed E-state index contributed by atoms with van der Waals surface area (Å²) in [5.74, 6) is -0.481. The summed E-state index contributed by atoms with van der Waals surface area (Å²) in [6.07, 6.45) is 0.580. The summed E-state index contributed by atoms with van der Waals surface area (Å²) in [6.45, 7) is 0. The van der Waals surface area contributed by atoms with Crippen molar-refractivity contribution in [3.63, 3.8) is 0 Å². The molecule has 0 saturated heterocycles. The summed E-state index contributed by atoms with van der Waals surface area (Å²) in [5, 5.41) is 0. The maximum absolute atomic E-state index is 13.6. The van der Waals surface area contributed by atoms with Crippen molar-refractivity contribution in [2.24, 2.45) is 0 Å². The van der Waals surface area contributed by atoms with Crippen molar-refractivity contribution in [2.75, 3.05) is 0 Å². The van der Waals surface area contributed by atoms with E-state index in [1.54, 1.807) is 12.1 Å². The molecule has 3 aromatic rings. The number of rotatable bonds is 1. The monoisotopic (exact) mass is 311 g/mol. The zero-order valence-electron chi connectivity index (χ0n) is 11.7. The van der Waals surface area contributed by atoms with Gasteiger partial charge in [0.2, 0.25) is 0 Å². The zero-order chi connectivity index (χ0) is 15.1. The van der Waals surface area contributed by atoms with Crippen molar-refractivity contribution < 1.29 is 8.78 Å². The number of hydrogen-bond acceptors (Lipinski definition) is 0. The molecule has 1 aliphatic heterocycles. The lowest BCUT2D eigenvalue weighted by molar-refractivity contribution is 0.620. The summed E-state index contributed by atoms with van der Waals surface area (Å²) >= 11 is 0. The molecule has 0 bridgehead atoms. The van der Waals surface area contributed by atoms with Crippen molar-refractivity contribution in [2.45, 2.75) is 21.1 Å². The molecule has 0 unspecified atom stereocenters. The molecule has 1 aliphatic rings. The van der Waals surface area contributed by atoms with Crippen LogP contribution in [0.1, 0.15) is 11.1 Å². The van der Waals surface area contributed by atoms with Gasteiger partial charge in [-0.15, -0.1) is 0 Å². The van der Waals surface area contributed by atoms with Crippen LogP contribution in [0.3, 0.4) is 0 Å². The van der Waals surface area contributed by atoms with E-state index in [9.17, 15) is 8.78 Å². The summed E-state index contributed by atoms with van der Waals surface area (Å²) in [4.78, 5) is 3.43. The first-order chi connectivity index (χ1) is 10.7.